The van der Waals surface area contributed by atoms with Gasteiger partial charge in [0, 0.05) is 35.8 Å². The van der Waals surface area contributed by atoms with Gasteiger partial charge in [-0.1, -0.05) is 18.2 Å². The Balaban J connectivity index is 1.66. The minimum atomic E-state index is -0.163. The van der Waals surface area contributed by atoms with Crippen LogP contribution in [0.2, 0.25) is 0 Å². The molecule has 2 aromatic carbocycles. The molecule has 0 bridgehead atoms. The summed E-state index contributed by atoms with van der Waals surface area (Å²) in [6, 6.07) is 13.5. The summed E-state index contributed by atoms with van der Waals surface area (Å²) in [6.45, 7) is 0. The van der Waals surface area contributed by atoms with Crippen molar-refractivity contribution >= 4 is 45.5 Å². The van der Waals surface area contributed by atoms with E-state index in [9.17, 15) is 4.79 Å². The van der Waals surface area contributed by atoms with Crippen molar-refractivity contribution in [1.29, 1.82) is 0 Å². The molecule has 0 aliphatic carbocycles. The third-order valence-corrected chi connectivity index (χ3v) is 5.38. The molecule has 7 heteroatoms. The van der Waals surface area contributed by atoms with Gasteiger partial charge in [0.25, 0.3) is 5.91 Å². The van der Waals surface area contributed by atoms with Crippen molar-refractivity contribution in [2.24, 2.45) is 12.0 Å². The summed E-state index contributed by atoms with van der Waals surface area (Å²) in [5.74, 6) is 1.10. The van der Waals surface area contributed by atoms with Crippen LogP contribution in [0, 0.1) is 0 Å². The Morgan fingerprint density at radius 3 is 2.75 bits per heavy atom. The SMILES string of the molecule is COc1ccc(N=C2NC(=O)/C(=C\c3cn(C)c4ccccc34)S2)c(OC)c1. The van der Waals surface area contributed by atoms with Gasteiger partial charge < -0.3 is 19.4 Å². The van der Waals surface area contributed by atoms with Crippen LogP contribution in [-0.4, -0.2) is 29.9 Å². The molecule has 2 heterocycles. The van der Waals surface area contributed by atoms with E-state index in [2.05, 4.69) is 27.0 Å². The molecular weight excluding hydrogens is 374 g/mol. The molecule has 1 saturated heterocycles. The highest BCUT2D eigenvalue weighted by Gasteiger charge is 2.24. The maximum atomic E-state index is 12.4. The van der Waals surface area contributed by atoms with Crippen LogP contribution in [0.15, 0.2) is 58.6 Å². The van der Waals surface area contributed by atoms with Gasteiger partial charge in [-0.25, -0.2) is 4.99 Å². The summed E-state index contributed by atoms with van der Waals surface area (Å²) >= 11 is 1.31. The zero-order valence-electron chi connectivity index (χ0n) is 15.7. The lowest BCUT2D eigenvalue weighted by molar-refractivity contribution is -0.115. The number of ether oxygens (including phenoxy) is 2. The van der Waals surface area contributed by atoms with E-state index in [1.807, 2.05) is 31.5 Å². The number of thioether (sulfide) groups is 1. The molecule has 1 amide bonds. The van der Waals surface area contributed by atoms with E-state index in [1.165, 1.54) is 11.8 Å². The number of amidine groups is 1. The number of nitrogens with one attached hydrogen (secondary N) is 1. The second-order valence-electron chi connectivity index (χ2n) is 6.23. The van der Waals surface area contributed by atoms with Crippen LogP contribution in [-0.2, 0) is 11.8 Å². The molecule has 1 fully saturated rings. The lowest BCUT2D eigenvalue weighted by atomic mass is 10.1. The van der Waals surface area contributed by atoms with E-state index in [0.717, 1.165) is 16.5 Å². The Morgan fingerprint density at radius 1 is 1.14 bits per heavy atom. The first-order valence-electron chi connectivity index (χ1n) is 8.64. The highest BCUT2D eigenvalue weighted by atomic mass is 32.2. The number of rotatable bonds is 4. The zero-order valence-corrected chi connectivity index (χ0v) is 16.5. The number of carbonyl (C=O) groups excluding carboxylic acids is 1. The normalized spacial score (nSPS) is 16.8. The molecule has 0 unspecified atom stereocenters. The maximum absolute atomic E-state index is 12.4. The molecule has 0 spiro atoms. The van der Waals surface area contributed by atoms with Crippen molar-refractivity contribution in [3.63, 3.8) is 0 Å². The van der Waals surface area contributed by atoms with Gasteiger partial charge in [-0.05, 0) is 36.0 Å². The topological polar surface area (TPSA) is 64.8 Å². The molecule has 0 radical (unpaired) electrons. The maximum Gasteiger partial charge on any atom is 0.264 e. The average molecular weight is 393 g/mol. The first-order valence-corrected chi connectivity index (χ1v) is 9.46. The van der Waals surface area contributed by atoms with Gasteiger partial charge in [-0.15, -0.1) is 0 Å². The number of methoxy groups -OCH3 is 2. The summed E-state index contributed by atoms with van der Waals surface area (Å²) in [5, 5.41) is 4.44. The number of benzene rings is 2. The number of hydrogen-bond acceptors (Lipinski definition) is 5. The molecule has 0 atom stereocenters. The summed E-state index contributed by atoms with van der Waals surface area (Å²) < 4.78 is 12.6. The second-order valence-corrected chi connectivity index (χ2v) is 7.26. The minimum Gasteiger partial charge on any atom is -0.497 e. The summed E-state index contributed by atoms with van der Waals surface area (Å²) in [7, 11) is 5.16. The van der Waals surface area contributed by atoms with Crippen LogP contribution < -0.4 is 14.8 Å². The predicted molar refractivity (Wildman–Crippen MR) is 113 cm³/mol. The van der Waals surface area contributed by atoms with Gasteiger partial charge in [0.2, 0.25) is 0 Å². The van der Waals surface area contributed by atoms with Crippen molar-refractivity contribution in [3.8, 4) is 11.5 Å². The molecule has 1 aliphatic heterocycles. The largest absolute Gasteiger partial charge is 0.497 e. The second kappa shape index (κ2) is 7.44. The Kier molecular flexibility index (Phi) is 4.83. The van der Waals surface area contributed by atoms with Gasteiger partial charge in [-0.2, -0.15) is 0 Å². The monoisotopic (exact) mass is 393 g/mol. The van der Waals surface area contributed by atoms with Crippen molar-refractivity contribution in [2.75, 3.05) is 14.2 Å². The molecule has 1 aromatic heterocycles. The molecule has 28 heavy (non-hydrogen) atoms. The average Bonchev–Trinajstić information content (AvgIpc) is 3.22. The fourth-order valence-corrected chi connectivity index (χ4v) is 3.92. The molecule has 142 valence electrons. The predicted octanol–water partition coefficient (Wildman–Crippen LogP) is 4.09. The minimum absolute atomic E-state index is 0.163. The third kappa shape index (κ3) is 3.36. The van der Waals surface area contributed by atoms with Crippen LogP contribution in [0.4, 0.5) is 5.69 Å². The zero-order chi connectivity index (χ0) is 19.7. The number of amides is 1. The third-order valence-electron chi connectivity index (χ3n) is 4.47. The number of aromatic nitrogens is 1. The van der Waals surface area contributed by atoms with Crippen molar-refractivity contribution in [3.05, 3.63) is 59.1 Å². The van der Waals surface area contributed by atoms with Crippen LogP contribution in [0.25, 0.3) is 17.0 Å². The summed E-state index contributed by atoms with van der Waals surface area (Å²) in [4.78, 5) is 17.6. The highest BCUT2D eigenvalue weighted by molar-refractivity contribution is 8.18. The van der Waals surface area contributed by atoms with E-state index in [0.29, 0.717) is 27.3 Å². The van der Waals surface area contributed by atoms with Crippen LogP contribution >= 0.6 is 11.8 Å². The molecule has 1 aliphatic rings. The molecule has 3 aromatic rings. The van der Waals surface area contributed by atoms with Crippen LogP contribution in [0.1, 0.15) is 5.56 Å². The molecule has 4 rings (SSSR count). The standard InChI is InChI=1S/C21H19N3O3S/c1-24-12-13(15-6-4-5-7-17(15)24)10-19-20(25)23-21(28-19)22-16-9-8-14(26-2)11-18(16)27-3/h4-12H,1-3H3,(H,22,23,25)/b19-10+. The number of hydrogen-bond donors (Lipinski definition) is 1. The van der Waals surface area contributed by atoms with E-state index in [4.69, 9.17) is 9.47 Å². The Labute approximate surface area is 166 Å². The fraction of sp³-hybridized carbons (Fsp3) is 0.143. The van der Waals surface area contributed by atoms with Gasteiger partial charge in [0.15, 0.2) is 5.17 Å². The van der Waals surface area contributed by atoms with Crippen LogP contribution in [0.5, 0.6) is 11.5 Å². The van der Waals surface area contributed by atoms with Crippen molar-refractivity contribution in [1.82, 2.24) is 9.88 Å². The Morgan fingerprint density at radius 2 is 1.96 bits per heavy atom. The number of aryl methyl sites for hydroxylation is 1. The first kappa shape index (κ1) is 18.2. The Hall–Kier alpha value is -3.19. The Bertz CT molecular complexity index is 1130. The lowest BCUT2D eigenvalue weighted by Gasteiger charge is -2.07. The quantitative estimate of drug-likeness (QED) is 0.678. The molecule has 6 nitrogen and oxygen atoms in total. The number of aliphatic imine (C=N–C) groups is 1. The molecule has 0 saturated carbocycles. The van der Waals surface area contributed by atoms with Crippen molar-refractivity contribution in [2.45, 2.75) is 0 Å². The number of fused-ring (bicyclic) bond motifs is 1. The number of carbonyl (C=O) groups is 1. The summed E-state index contributed by atoms with van der Waals surface area (Å²) in [6.07, 6.45) is 3.92. The number of nitrogens with zero attached hydrogens (tertiary/aromatic N) is 2. The van der Waals surface area contributed by atoms with E-state index in [1.54, 1.807) is 32.4 Å². The molecule has 1 N–H and O–H groups in total. The van der Waals surface area contributed by atoms with Gasteiger partial charge in [0.1, 0.15) is 17.2 Å². The fourth-order valence-electron chi connectivity index (χ4n) is 3.10. The molecular formula is C21H19N3O3S. The van der Waals surface area contributed by atoms with Gasteiger partial charge in [0.05, 0.1) is 19.1 Å². The van der Waals surface area contributed by atoms with E-state index >= 15 is 0 Å². The summed E-state index contributed by atoms with van der Waals surface area (Å²) in [5.41, 5.74) is 2.74. The van der Waals surface area contributed by atoms with E-state index < -0.39 is 0 Å². The number of para-hydroxylation sites is 1. The van der Waals surface area contributed by atoms with E-state index in [-0.39, 0.29) is 5.91 Å². The van der Waals surface area contributed by atoms with Gasteiger partial charge >= 0.3 is 0 Å². The smallest absolute Gasteiger partial charge is 0.264 e. The van der Waals surface area contributed by atoms with Crippen LogP contribution in [0.3, 0.4) is 0 Å². The van der Waals surface area contributed by atoms with Gasteiger partial charge in [-0.3, -0.25) is 4.79 Å². The highest BCUT2D eigenvalue weighted by Crippen LogP contribution is 2.35. The first-order chi connectivity index (χ1) is 13.6. The lowest BCUT2D eigenvalue weighted by Crippen LogP contribution is -2.19. The van der Waals surface area contributed by atoms with Crippen molar-refractivity contribution < 1.29 is 14.3 Å².